The first-order valence-corrected chi connectivity index (χ1v) is 2.48. The number of nitrogens with zero attached hydrogens (tertiary/aromatic N) is 5. The molecule has 1 aromatic rings. The van der Waals surface area contributed by atoms with E-state index in [2.05, 4.69) is 20.2 Å². The molecule has 8 heteroatoms. The molecular weight excluding hydrogens is 152 g/mol. The Kier molecular flexibility index (Phi) is 1.71. The third-order valence-corrected chi connectivity index (χ3v) is 0.941. The molecule has 0 unspecified atom stereocenters. The molecular formula is C3H2N6O2. The van der Waals surface area contributed by atoms with E-state index in [1.165, 1.54) is 0 Å². The van der Waals surface area contributed by atoms with Gasteiger partial charge in [-0.2, -0.15) is 5.10 Å². The summed E-state index contributed by atoms with van der Waals surface area (Å²) in [5.74, 6) is -0.183. The number of nitro groups is 1. The standard InChI is InChI=1S/C3H2N6O2/c4-8-7-3-2(9(10)11)1-5-6-3/h1H,(H,5,6). The molecule has 0 saturated carbocycles. The number of aromatic amines is 1. The van der Waals surface area contributed by atoms with Crippen LogP contribution in [0.2, 0.25) is 0 Å². The number of nitrogens with one attached hydrogen (secondary N) is 1. The molecule has 0 fully saturated rings. The van der Waals surface area contributed by atoms with Crippen LogP contribution in [0.1, 0.15) is 0 Å². The Bertz CT molecular complexity index is 306. The molecule has 1 heterocycles. The highest BCUT2D eigenvalue weighted by Crippen LogP contribution is 2.22. The summed E-state index contributed by atoms with van der Waals surface area (Å²) in [6.45, 7) is 0. The minimum atomic E-state index is -0.687. The first-order chi connectivity index (χ1) is 5.25. The summed E-state index contributed by atoms with van der Waals surface area (Å²) >= 11 is 0. The van der Waals surface area contributed by atoms with Gasteiger partial charge in [0.25, 0.3) is 0 Å². The van der Waals surface area contributed by atoms with Gasteiger partial charge < -0.3 is 0 Å². The summed E-state index contributed by atoms with van der Waals surface area (Å²) in [5, 5.41) is 18.6. The van der Waals surface area contributed by atoms with Crippen LogP contribution in [0.3, 0.4) is 0 Å². The van der Waals surface area contributed by atoms with Gasteiger partial charge in [-0.05, 0) is 10.6 Å². The monoisotopic (exact) mass is 154 g/mol. The van der Waals surface area contributed by atoms with Crippen molar-refractivity contribution in [3.8, 4) is 0 Å². The Balaban J connectivity index is 3.15. The van der Waals surface area contributed by atoms with E-state index in [4.69, 9.17) is 5.53 Å². The Hall–Kier alpha value is -2.08. The Morgan fingerprint density at radius 2 is 2.64 bits per heavy atom. The van der Waals surface area contributed by atoms with Crippen molar-refractivity contribution in [2.45, 2.75) is 0 Å². The highest BCUT2D eigenvalue weighted by atomic mass is 16.6. The molecule has 0 amide bonds. The van der Waals surface area contributed by atoms with Crippen molar-refractivity contribution in [1.82, 2.24) is 10.2 Å². The molecule has 0 atom stereocenters. The predicted octanol–water partition coefficient (Wildman–Crippen LogP) is 1.26. The van der Waals surface area contributed by atoms with Crippen LogP contribution in [0, 0.1) is 10.1 Å². The molecule has 0 bridgehead atoms. The van der Waals surface area contributed by atoms with Gasteiger partial charge in [0.2, 0.25) is 0 Å². The molecule has 0 spiro atoms. The minimum Gasteiger partial charge on any atom is -0.270 e. The zero-order valence-electron chi connectivity index (χ0n) is 5.13. The summed E-state index contributed by atoms with van der Waals surface area (Å²) < 4.78 is 0. The van der Waals surface area contributed by atoms with Gasteiger partial charge in [0, 0.05) is 4.91 Å². The summed E-state index contributed by atoms with van der Waals surface area (Å²) in [6, 6.07) is 0. The van der Waals surface area contributed by atoms with E-state index in [9.17, 15) is 10.1 Å². The summed E-state index contributed by atoms with van der Waals surface area (Å²) in [7, 11) is 0. The number of H-pyrrole nitrogens is 1. The second-order valence-electron chi connectivity index (χ2n) is 1.55. The fraction of sp³-hybridized carbons (Fsp3) is 0. The lowest BCUT2D eigenvalue weighted by Crippen LogP contribution is -1.83. The van der Waals surface area contributed by atoms with Gasteiger partial charge >= 0.3 is 5.69 Å². The Morgan fingerprint density at radius 1 is 1.91 bits per heavy atom. The third-order valence-electron chi connectivity index (χ3n) is 0.941. The molecule has 8 nitrogen and oxygen atoms in total. The first-order valence-electron chi connectivity index (χ1n) is 2.48. The molecule has 0 aliphatic rings. The van der Waals surface area contributed by atoms with Crippen molar-refractivity contribution in [2.75, 3.05) is 0 Å². The average molecular weight is 154 g/mol. The molecule has 1 rings (SSSR count). The van der Waals surface area contributed by atoms with E-state index >= 15 is 0 Å². The highest BCUT2D eigenvalue weighted by molar-refractivity contribution is 5.48. The van der Waals surface area contributed by atoms with Gasteiger partial charge in [0.1, 0.15) is 6.20 Å². The lowest BCUT2D eigenvalue weighted by Gasteiger charge is -1.82. The van der Waals surface area contributed by atoms with Crippen molar-refractivity contribution in [1.29, 1.82) is 0 Å². The number of azide groups is 1. The van der Waals surface area contributed by atoms with Crippen LogP contribution in [-0.2, 0) is 0 Å². The summed E-state index contributed by atoms with van der Waals surface area (Å²) in [6.07, 6.45) is 0.976. The van der Waals surface area contributed by atoms with E-state index in [1.54, 1.807) is 0 Å². The maximum atomic E-state index is 10.1. The second-order valence-corrected chi connectivity index (χ2v) is 1.55. The average Bonchev–Trinajstić information content (AvgIpc) is 2.36. The summed E-state index contributed by atoms with van der Waals surface area (Å²) in [5.41, 5.74) is 7.60. The van der Waals surface area contributed by atoms with Crippen molar-refractivity contribution in [2.24, 2.45) is 5.11 Å². The Labute approximate surface area is 59.6 Å². The Morgan fingerprint density at radius 3 is 3.18 bits per heavy atom. The quantitative estimate of drug-likeness (QED) is 0.227. The van der Waals surface area contributed by atoms with Crippen LogP contribution in [0.4, 0.5) is 11.5 Å². The number of hydrogen-bond acceptors (Lipinski definition) is 4. The van der Waals surface area contributed by atoms with Gasteiger partial charge in [-0.15, -0.1) is 0 Å². The molecule has 1 N–H and O–H groups in total. The highest BCUT2D eigenvalue weighted by Gasteiger charge is 2.13. The van der Waals surface area contributed by atoms with Gasteiger partial charge in [0.15, 0.2) is 5.82 Å². The van der Waals surface area contributed by atoms with Crippen molar-refractivity contribution in [3.63, 3.8) is 0 Å². The van der Waals surface area contributed by atoms with Crippen molar-refractivity contribution in [3.05, 3.63) is 26.8 Å². The van der Waals surface area contributed by atoms with Gasteiger partial charge in [-0.3, -0.25) is 15.2 Å². The zero-order chi connectivity index (χ0) is 8.27. The zero-order valence-corrected chi connectivity index (χ0v) is 5.13. The van der Waals surface area contributed by atoms with E-state index in [1.807, 2.05) is 0 Å². The lowest BCUT2D eigenvalue weighted by atomic mass is 10.5. The van der Waals surface area contributed by atoms with E-state index in [-0.39, 0.29) is 11.5 Å². The SMILES string of the molecule is [N-]=[N+]=Nc1[nH]ncc1[N+](=O)[O-]. The fourth-order valence-corrected chi connectivity index (χ4v) is 0.525. The molecule has 0 aliphatic heterocycles. The van der Waals surface area contributed by atoms with Crippen LogP contribution in [0.5, 0.6) is 0 Å². The summed E-state index contributed by atoms with van der Waals surface area (Å²) in [4.78, 5) is 11.8. The lowest BCUT2D eigenvalue weighted by molar-refractivity contribution is -0.384. The van der Waals surface area contributed by atoms with Gasteiger partial charge in [-0.25, -0.2) is 0 Å². The van der Waals surface area contributed by atoms with E-state index in [0.29, 0.717) is 0 Å². The molecule has 11 heavy (non-hydrogen) atoms. The minimum absolute atomic E-state index is 0.183. The molecule has 0 aromatic carbocycles. The van der Waals surface area contributed by atoms with Crippen LogP contribution >= 0.6 is 0 Å². The predicted molar refractivity (Wildman–Crippen MR) is 34.0 cm³/mol. The van der Waals surface area contributed by atoms with Crippen molar-refractivity contribution < 1.29 is 4.92 Å². The van der Waals surface area contributed by atoms with Crippen LogP contribution in [-0.4, -0.2) is 15.1 Å². The molecule has 0 radical (unpaired) electrons. The number of rotatable bonds is 2. The van der Waals surface area contributed by atoms with Crippen LogP contribution in [0.15, 0.2) is 11.3 Å². The van der Waals surface area contributed by atoms with Crippen LogP contribution in [0.25, 0.3) is 10.4 Å². The maximum absolute atomic E-state index is 10.1. The van der Waals surface area contributed by atoms with Gasteiger partial charge in [0.05, 0.1) is 4.92 Å². The molecule has 0 aliphatic carbocycles. The topological polar surface area (TPSA) is 121 Å². The smallest absolute Gasteiger partial charge is 0.270 e. The first kappa shape index (κ1) is 7.03. The molecule has 56 valence electrons. The molecule has 0 saturated heterocycles. The third kappa shape index (κ3) is 1.25. The van der Waals surface area contributed by atoms with Gasteiger partial charge in [-0.1, -0.05) is 0 Å². The molecule has 1 aromatic heterocycles. The van der Waals surface area contributed by atoms with Crippen molar-refractivity contribution >= 4 is 11.5 Å². The normalized spacial score (nSPS) is 8.73. The fourth-order valence-electron chi connectivity index (χ4n) is 0.525. The second kappa shape index (κ2) is 2.67. The van der Waals surface area contributed by atoms with E-state index in [0.717, 1.165) is 6.20 Å². The largest absolute Gasteiger partial charge is 0.316 e. The number of hydrogen-bond donors (Lipinski definition) is 1. The van der Waals surface area contributed by atoms with E-state index < -0.39 is 4.92 Å². The number of aromatic nitrogens is 2. The maximum Gasteiger partial charge on any atom is 0.316 e. The van der Waals surface area contributed by atoms with Crippen LogP contribution < -0.4 is 0 Å².